The van der Waals surface area contributed by atoms with E-state index in [1.165, 1.54) is 51.7 Å². The number of hydrogen-bond acceptors (Lipinski definition) is 6. The van der Waals surface area contributed by atoms with Crippen molar-refractivity contribution in [3.63, 3.8) is 0 Å². The molecule has 1 aliphatic rings. The van der Waals surface area contributed by atoms with E-state index in [4.69, 9.17) is 0 Å². The van der Waals surface area contributed by atoms with E-state index in [9.17, 15) is 13.8 Å². The van der Waals surface area contributed by atoms with E-state index in [2.05, 4.69) is 20.5 Å². The second-order valence-electron chi connectivity index (χ2n) is 5.90. The molecule has 3 aromatic heterocycles. The first-order valence-corrected chi connectivity index (χ1v) is 9.60. The van der Waals surface area contributed by atoms with Crippen molar-refractivity contribution in [2.75, 3.05) is 6.16 Å². The Labute approximate surface area is 155 Å². The third-order valence-electron chi connectivity index (χ3n) is 3.63. The summed E-state index contributed by atoms with van der Waals surface area (Å²) in [4.78, 5) is 24.0. The smallest absolute Gasteiger partial charge is 0.309 e. The monoisotopic (exact) mass is 391 g/mol. The van der Waals surface area contributed by atoms with Crippen LogP contribution in [0.4, 0.5) is 4.20 Å². The van der Waals surface area contributed by atoms with E-state index in [1.807, 2.05) is 0 Å². The minimum atomic E-state index is -0.758. The van der Waals surface area contributed by atoms with Crippen molar-refractivity contribution in [3.05, 3.63) is 63.3 Å². The Hall–Kier alpha value is -2.74. The molecule has 0 spiro atoms. The molecule has 0 radical (unpaired) electrons. The van der Waals surface area contributed by atoms with Crippen molar-refractivity contribution in [2.24, 2.45) is 0 Å². The van der Waals surface area contributed by atoms with Gasteiger partial charge in [-0.2, -0.15) is 5.10 Å². The van der Waals surface area contributed by atoms with Crippen molar-refractivity contribution >= 4 is 8.89 Å². The van der Waals surface area contributed by atoms with Gasteiger partial charge in [0.25, 0.3) is 0 Å². The first kappa shape index (κ1) is 19.0. The van der Waals surface area contributed by atoms with Crippen molar-refractivity contribution in [2.45, 2.75) is 32.4 Å². The molecule has 1 aliphatic carbocycles. The first-order chi connectivity index (χ1) is 13.2. The number of rotatable bonds is 6. The predicted octanol–water partition coefficient (Wildman–Crippen LogP) is 1.16. The van der Waals surface area contributed by atoms with Crippen LogP contribution in [0, 0.1) is 0 Å². The van der Waals surface area contributed by atoms with Gasteiger partial charge in [-0.25, -0.2) is 8.88 Å². The summed E-state index contributed by atoms with van der Waals surface area (Å²) in [5.74, 6) is 0.492. The predicted molar refractivity (Wildman–Crippen MR) is 99.2 cm³/mol. The molecule has 0 aromatic carbocycles. The van der Waals surface area contributed by atoms with Gasteiger partial charge in [0.1, 0.15) is 0 Å². The molecule has 0 aliphatic heterocycles. The number of nitrogens with zero attached hydrogens (tertiary/aromatic N) is 7. The summed E-state index contributed by atoms with van der Waals surface area (Å²) in [5, 5.41) is 15.5. The van der Waals surface area contributed by atoms with Gasteiger partial charge in [-0.3, -0.25) is 9.59 Å². The number of aryl methyl sites for hydroxylation is 1. The zero-order valence-corrected chi connectivity index (χ0v) is 15.5. The van der Waals surface area contributed by atoms with Crippen molar-refractivity contribution < 1.29 is 4.20 Å². The lowest BCUT2D eigenvalue weighted by Gasteiger charge is -2.08. The third kappa shape index (κ3) is 5.37. The normalized spacial score (nSPS) is 12.8. The highest BCUT2D eigenvalue weighted by molar-refractivity contribution is 7.31. The molecule has 9 nitrogen and oxygen atoms in total. The zero-order valence-electron chi connectivity index (χ0n) is 14.5. The van der Waals surface area contributed by atoms with Crippen LogP contribution in [0.25, 0.3) is 5.82 Å². The Balaban J connectivity index is 0.000000637. The van der Waals surface area contributed by atoms with E-state index in [-0.39, 0.29) is 19.3 Å². The van der Waals surface area contributed by atoms with Crippen LogP contribution >= 0.6 is 8.89 Å². The van der Waals surface area contributed by atoms with Crippen molar-refractivity contribution in [1.82, 2.24) is 34.3 Å². The van der Waals surface area contributed by atoms with E-state index in [0.717, 1.165) is 0 Å². The van der Waals surface area contributed by atoms with Gasteiger partial charge in [0.2, 0.25) is 0 Å². The van der Waals surface area contributed by atoms with Crippen LogP contribution in [-0.2, 0) is 13.1 Å². The molecule has 1 fully saturated rings. The van der Waals surface area contributed by atoms with E-state index >= 15 is 0 Å². The molecule has 4 rings (SSSR count). The van der Waals surface area contributed by atoms with Crippen LogP contribution in [0.1, 0.15) is 25.0 Å². The molecule has 0 N–H and O–H groups in total. The third-order valence-corrected chi connectivity index (χ3v) is 4.04. The Bertz CT molecular complexity index is 965. The summed E-state index contributed by atoms with van der Waals surface area (Å²) in [6.07, 6.45) is 10.8. The SMILES string of the molecule is C1CC1.O=c1c(=O)n(Cc2ccc(-n3ccnn3)nn2)ccn1CCPF. The molecule has 27 heavy (non-hydrogen) atoms. The molecule has 0 saturated heterocycles. The summed E-state index contributed by atoms with van der Waals surface area (Å²) in [6.45, 7) is 0.306. The molecule has 1 saturated carbocycles. The van der Waals surface area contributed by atoms with Crippen molar-refractivity contribution in [3.8, 4) is 5.82 Å². The van der Waals surface area contributed by atoms with Crippen LogP contribution in [0.5, 0.6) is 0 Å². The molecule has 11 heteroatoms. The molecular formula is C16H19FN7O2P. The lowest BCUT2D eigenvalue weighted by molar-refractivity contribution is 0.640. The fraction of sp³-hybridized carbons (Fsp3) is 0.375. The van der Waals surface area contributed by atoms with Gasteiger partial charge in [-0.1, -0.05) is 24.5 Å². The van der Waals surface area contributed by atoms with Gasteiger partial charge < -0.3 is 9.13 Å². The lowest BCUT2D eigenvalue weighted by Crippen LogP contribution is -2.41. The average Bonchev–Trinajstić information content (AvgIpc) is 3.48. The fourth-order valence-corrected chi connectivity index (χ4v) is 2.40. The van der Waals surface area contributed by atoms with E-state index in [0.29, 0.717) is 11.5 Å². The highest BCUT2D eigenvalue weighted by atomic mass is 31.1. The summed E-state index contributed by atoms with van der Waals surface area (Å²) < 4.78 is 16.1. The van der Waals surface area contributed by atoms with Crippen LogP contribution < -0.4 is 11.1 Å². The molecule has 3 heterocycles. The summed E-state index contributed by atoms with van der Waals surface area (Å²) in [6, 6.07) is 3.37. The Kier molecular flexibility index (Phi) is 6.54. The van der Waals surface area contributed by atoms with Gasteiger partial charge in [0.05, 0.1) is 33.5 Å². The van der Waals surface area contributed by atoms with Crippen LogP contribution in [0.2, 0.25) is 0 Å². The highest BCUT2D eigenvalue weighted by Gasteiger charge is 2.07. The van der Waals surface area contributed by atoms with E-state index < -0.39 is 20.0 Å². The largest absolute Gasteiger partial charge is 0.316 e. The van der Waals surface area contributed by atoms with Crippen molar-refractivity contribution in [1.29, 1.82) is 0 Å². The number of hydrogen-bond donors (Lipinski definition) is 0. The summed E-state index contributed by atoms with van der Waals surface area (Å²) in [7, 11) is -0.758. The van der Waals surface area contributed by atoms with Gasteiger partial charge in [0, 0.05) is 25.1 Å². The van der Waals surface area contributed by atoms with Gasteiger partial charge in [0.15, 0.2) is 5.82 Å². The minimum Gasteiger partial charge on any atom is -0.309 e. The van der Waals surface area contributed by atoms with Gasteiger partial charge in [-0.15, -0.1) is 10.2 Å². The van der Waals surface area contributed by atoms with Crippen LogP contribution in [0.15, 0.2) is 46.5 Å². The van der Waals surface area contributed by atoms with Gasteiger partial charge in [-0.05, 0) is 12.1 Å². The maximum Gasteiger partial charge on any atom is 0.316 e. The van der Waals surface area contributed by atoms with Gasteiger partial charge >= 0.3 is 11.1 Å². The quantitative estimate of drug-likeness (QED) is 0.462. The molecular weight excluding hydrogens is 372 g/mol. The molecule has 0 amide bonds. The number of aromatic nitrogens is 7. The molecule has 3 aromatic rings. The maximum absolute atomic E-state index is 12.2. The van der Waals surface area contributed by atoms with Crippen LogP contribution in [-0.4, -0.2) is 40.5 Å². The first-order valence-electron chi connectivity index (χ1n) is 8.51. The highest BCUT2D eigenvalue weighted by Crippen LogP contribution is 2.14. The topological polar surface area (TPSA) is 100 Å². The summed E-state index contributed by atoms with van der Waals surface area (Å²) in [5.41, 5.74) is -0.840. The zero-order chi connectivity index (χ0) is 19.1. The Morgan fingerprint density at radius 1 is 1.00 bits per heavy atom. The van der Waals surface area contributed by atoms with Crippen LogP contribution in [0.3, 0.4) is 0 Å². The second-order valence-corrected chi connectivity index (χ2v) is 6.67. The maximum atomic E-state index is 12.2. The number of halogens is 1. The Morgan fingerprint density at radius 2 is 1.74 bits per heavy atom. The second kappa shape index (κ2) is 9.27. The molecule has 0 bridgehead atoms. The molecule has 1 unspecified atom stereocenters. The van der Waals surface area contributed by atoms with E-state index in [1.54, 1.807) is 18.3 Å². The molecule has 142 valence electrons. The summed E-state index contributed by atoms with van der Waals surface area (Å²) >= 11 is 0. The average molecular weight is 391 g/mol. The Morgan fingerprint density at radius 3 is 2.33 bits per heavy atom. The lowest BCUT2D eigenvalue weighted by atomic mass is 10.3. The fourth-order valence-electron chi connectivity index (χ4n) is 2.07. The molecule has 1 atom stereocenters. The minimum absolute atomic E-state index is 0.115. The standard InChI is InChI=1S/C13H13FN7O2P.C3H6/c14-24-8-7-19-5-6-20(13(23)12(19)22)9-10-1-2-11(17-16-10)21-4-3-15-18-21;1-2-3-1/h1-6,24H,7-9H2;1-3H2.